The van der Waals surface area contributed by atoms with Crippen LogP contribution in [-0.4, -0.2) is 34.9 Å². The third-order valence-electron chi connectivity index (χ3n) is 4.94. The van der Waals surface area contributed by atoms with E-state index in [0.29, 0.717) is 33.5 Å². The quantitative estimate of drug-likeness (QED) is 0.219. The molecule has 2 aromatic heterocycles. The first-order valence-corrected chi connectivity index (χ1v) is 13.5. The molecule has 0 aliphatic rings. The van der Waals surface area contributed by atoms with Gasteiger partial charge in [-0.15, -0.1) is 0 Å². The van der Waals surface area contributed by atoms with Crippen LogP contribution in [0.1, 0.15) is 43.2 Å². The molecule has 1 N–H and O–H groups in total. The molecule has 1 aromatic carbocycles. The number of aromatic amines is 1. The third-order valence-corrected chi connectivity index (χ3v) is 7.98. The zero-order valence-corrected chi connectivity index (χ0v) is 20.1. The number of hydrogen-bond donors (Lipinski definition) is 1. The lowest BCUT2D eigenvalue weighted by Crippen LogP contribution is -2.14. The molecule has 0 unspecified atom stereocenters. The molecule has 3 rings (SSSR count). The summed E-state index contributed by atoms with van der Waals surface area (Å²) in [6.07, 6.45) is 10.1. The molecule has 32 heavy (non-hydrogen) atoms. The largest absolute Gasteiger partial charge is 0.301 e. The molecule has 0 saturated carbocycles. The molecule has 0 aliphatic heterocycles. The summed E-state index contributed by atoms with van der Waals surface area (Å²) >= 11 is 7.34. The molecule has 0 atom stereocenters. The highest BCUT2D eigenvalue weighted by molar-refractivity contribution is 7.99. The van der Waals surface area contributed by atoms with Gasteiger partial charge in [-0.1, -0.05) is 48.7 Å². The Morgan fingerprint density at radius 1 is 0.969 bits per heavy atom. The van der Waals surface area contributed by atoms with Gasteiger partial charge in [0.15, 0.2) is 15.0 Å². The van der Waals surface area contributed by atoms with Gasteiger partial charge in [0.05, 0.1) is 10.6 Å². The highest BCUT2D eigenvalue weighted by Gasteiger charge is 2.13. The van der Waals surface area contributed by atoms with Crippen molar-refractivity contribution in [2.75, 3.05) is 11.5 Å². The van der Waals surface area contributed by atoms with Crippen molar-refractivity contribution in [2.24, 2.45) is 0 Å². The Kier molecular flexibility index (Phi) is 9.32. The fraction of sp³-hybridized carbons (Fsp3) is 0.348. The van der Waals surface area contributed by atoms with Crippen molar-refractivity contribution in [1.29, 1.82) is 0 Å². The van der Waals surface area contributed by atoms with E-state index in [1.165, 1.54) is 11.8 Å². The molecule has 170 valence electrons. The minimum absolute atomic E-state index is 0.117. The smallest absolute Gasteiger partial charge is 0.255 e. The van der Waals surface area contributed by atoms with Crippen LogP contribution >= 0.6 is 23.4 Å². The van der Waals surface area contributed by atoms with Crippen molar-refractivity contribution in [3.05, 3.63) is 81.5 Å². The zero-order chi connectivity index (χ0) is 22.8. The van der Waals surface area contributed by atoms with Crippen molar-refractivity contribution < 1.29 is 8.42 Å². The first kappa shape index (κ1) is 24.5. The van der Waals surface area contributed by atoms with Crippen LogP contribution in [0.2, 0.25) is 5.02 Å². The van der Waals surface area contributed by atoms with E-state index in [2.05, 4.69) is 15.0 Å². The highest BCUT2D eigenvalue weighted by atomic mass is 35.5. The minimum Gasteiger partial charge on any atom is -0.301 e. The Bertz CT molecular complexity index is 1150. The number of aromatic nitrogens is 3. The van der Waals surface area contributed by atoms with Crippen LogP contribution in [0.25, 0.3) is 0 Å². The maximum atomic E-state index is 12.3. The fourth-order valence-electron chi connectivity index (χ4n) is 3.18. The average molecular weight is 492 g/mol. The SMILES string of the molecule is O=c1[nH]c(SCCCCCCCS(=O)(=O)c2ccc(Cl)cc2)ncc1Cc1cccnc1. The van der Waals surface area contributed by atoms with Crippen LogP contribution in [0.5, 0.6) is 0 Å². The molecule has 2 heterocycles. The number of rotatable bonds is 12. The first-order valence-electron chi connectivity index (χ1n) is 10.5. The average Bonchev–Trinajstić information content (AvgIpc) is 2.78. The molecule has 0 spiro atoms. The number of H-pyrrole nitrogens is 1. The second kappa shape index (κ2) is 12.2. The summed E-state index contributed by atoms with van der Waals surface area (Å²) in [5, 5.41) is 1.15. The molecule has 0 radical (unpaired) electrons. The third kappa shape index (κ3) is 7.76. The van der Waals surface area contributed by atoms with Crippen molar-refractivity contribution in [3.8, 4) is 0 Å². The number of nitrogens with zero attached hydrogens (tertiary/aromatic N) is 2. The molecule has 0 bridgehead atoms. The molecule has 0 amide bonds. The number of benzene rings is 1. The normalized spacial score (nSPS) is 11.5. The van der Waals surface area contributed by atoms with Crippen LogP contribution in [0.15, 0.2) is 69.8 Å². The monoisotopic (exact) mass is 491 g/mol. The van der Waals surface area contributed by atoms with Crippen molar-refractivity contribution in [3.63, 3.8) is 0 Å². The number of thioether (sulfide) groups is 1. The molecule has 0 aliphatic carbocycles. The molecule has 6 nitrogen and oxygen atoms in total. The van der Waals surface area contributed by atoms with Crippen molar-refractivity contribution >= 4 is 33.2 Å². The van der Waals surface area contributed by atoms with Gasteiger partial charge >= 0.3 is 0 Å². The predicted molar refractivity (Wildman–Crippen MR) is 129 cm³/mol. The van der Waals surface area contributed by atoms with E-state index in [-0.39, 0.29) is 11.3 Å². The molecule has 0 saturated heterocycles. The maximum Gasteiger partial charge on any atom is 0.255 e. The standard InChI is InChI=1S/C23H26ClN3O3S2/c24-20-8-10-21(11-9-20)32(29,30)14-5-3-1-2-4-13-31-23-26-17-19(22(28)27-23)15-18-7-6-12-25-16-18/h6-12,16-17H,1-5,13-15H2,(H,26,27,28). The van der Waals surface area contributed by atoms with Gasteiger partial charge in [0, 0.05) is 41.4 Å². The van der Waals surface area contributed by atoms with E-state index in [9.17, 15) is 13.2 Å². The second-order valence-corrected chi connectivity index (χ2v) is 11.1. The molecule has 9 heteroatoms. The van der Waals surface area contributed by atoms with Crippen LogP contribution in [0, 0.1) is 0 Å². The topological polar surface area (TPSA) is 92.8 Å². The summed E-state index contributed by atoms with van der Waals surface area (Å²) in [5.41, 5.74) is 1.48. The predicted octanol–water partition coefficient (Wildman–Crippen LogP) is 4.93. The molecule has 3 aromatic rings. The Labute approximate surface area is 197 Å². The highest BCUT2D eigenvalue weighted by Crippen LogP contribution is 2.18. The molecular weight excluding hydrogens is 466 g/mol. The number of unbranched alkanes of at least 4 members (excludes halogenated alkanes) is 4. The van der Waals surface area contributed by atoms with E-state index >= 15 is 0 Å². The Morgan fingerprint density at radius 2 is 1.72 bits per heavy atom. The Balaban J connectivity index is 1.31. The summed E-state index contributed by atoms with van der Waals surface area (Å²) in [5.74, 6) is 1.01. The summed E-state index contributed by atoms with van der Waals surface area (Å²) in [6, 6.07) is 10.1. The van der Waals surface area contributed by atoms with Gasteiger partial charge in [-0.2, -0.15) is 0 Å². The van der Waals surface area contributed by atoms with Gasteiger partial charge in [-0.05, 0) is 48.7 Å². The van der Waals surface area contributed by atoms with Crippen LogP contribution < -0.4 is 5.56 Å². The lowest BCUT2D eigenvalue weighted by Gasteiger charge is -2.05. The number of halogens is 1. The van der Waals surface area contributed by atoms with Gasteiger partial charge in [0.2, 0.25) is 0 Å². The Hall–Kier alpha value is -2.16. The maximum absolute atomic E-state index is 12.3. The van der Waals surface area contributed by atoms with Crippen molar-refractivity contribution in [1.82, 2.24) is 15.0 Å². The summed E-state index contributed by atoms with van der Waals surface area (Å²) in [4.78, 5) is 23.9. The molecule has 0 fully saturated rings. The zero-order valence-electron chi connectivity index (χ0n) is 17.7. The molecular formula is C23H26ClN3O3S2. The summed E-state index contributed by atoms with van der Waals surface area (Å²) in [6.45, 7) is 0. The number of nitrogens with one attached hydrogen (secondary N) is 1. The van der Waals surface area contributed by atoms with Crippen LogP contribution in [0.3, 0.4) is 0 Å². The van der Waals surface area contributed by atoms with E-state index in [4.69, 9.17) is 11.6 Å². The first-order chi connectivity index (χ1) is 15.4. The van der Waals surface area contributed by atoms with Crippen molar-refractivity contribution in [2.45, 2.75) is 48.6 Å². The van der Waals surface area contributed by atoms with E-state index < -0.39 is 9.84 Å². The summed E-state index contributed by atoms with van der Waals surface area (Å²) < 4.78 is 24.6. The van der Waals surface area contributed by atoms with E-state index in [0.717, 1.165) is 37.0 Å². The Morgan fingerprint density at radius 3 is 2.44 bits per heavy atom. The van der Waals surface area contributed by atoms with Gasteiger partial charge in [-0.25, -0.2) is 13.4 Å². The van der Waals surface area contributed by atoms with Gasteiger partial charge < -0.3 is 4.98 Å². The fourth-order valence-corrected chi connectivity index (χ4v) is 5.51. The van der Waals surface area contributed by atoms with Crippen LogP contribution in [-0.2, 0) is 16.3 Å². The minimum atomic E-state index is -3.25. The lowest BCUT2D eigenvalue weighted by atomic mass is 10.1. The van der Waals surface area contributed by atoms with E-state index in [1.807, 2.05) is 12.1 Å². The van der Waals surface area contributed by atoms with Gasteiger partial charge in [0.25, 0.3) is 5.56 Å². The van der Waals surface area contributed by atoms with Crippen LogP contribution in [0.4, 0.5) is 0 Å². The summed E-state index contributed by atoms with van der Waals surface area (Å²) in [7, 11) is -3.25. The lowest BCUT2D eigenvalue weighted by molar-refractivity contribution is 0.587. The van der Waals surface area contributed by atoms with Gasteiger partial charge in [-0.3, -0.25) is 9.78 Å². The number of pyridine rings is 1. The number of sulfone groups is 1. The number of hydrogen-bond acceptors (Lipinski definition) is 6. The van der Waals surface area contributed by atoms with E-state index in [1.54, 1.807) is 42.9 Å². The van der Waals surface area contributed by atoms with Gasteiger partial charge in [0.1, 0.15) is 0 Å². The second-order valence-electron chi connectivity index (χ2n) is 7.47.